The molecule has 3 rings (SSSR count). The van der Waals surface area contributed by atoms with Crippen LogP contribution in [-0.4, -0.2) is 0 Å². The van der Waals surface area contributed by atoms with E-state index in [4.69, 9.17) is 0 Å². The molecule has 1 heterocycles. The Hall–Kier alpha value is -1.28. The van der Waals surface area contributed by atoms with Gasteiger partial charge in [0.25, 0.3) is 0 Å². The number of anilines is 1. The molecule has 1 atom stereocenters. The Bertz CT molecular complexity index is 431. The smallest absolute Gasteiger partial charge is 0.0634 e. The van der Waals surface area contributed by atoms with Gasteiger partial charge in [0.1, 0.15) is 0 Å². The summed E-state index contributed by atoms with van der Waals surface area (Å²) in [4.78, 5) is 1.46. The number of hydrogen-bond donors (Lipinski definition) is 1. The van der Waals surface area contributed by atoms with Gasteiger partial charge in [0.15, 0.2) is 0 Å². The van der Waals surface area contributed by atoms with Crippen molar-refractivity contribution in [1.82, 2.24) is 0 Å². The van der Waals surface area contributed by atoms with E-state index in [9.17, 15) is 0 Å². The van der Waals surface area contributed by atoms with E-state index in [1.165, 1.54) is 23.4 Å². The molecule has 1 N–H and O–H groups in total. The molecule has 0 radical (unpaired) electrons. The van der Waals surface area contributed by atoms with Gasteiger partial charge in [0.05, 0.1) is 6.04 Å². The maximum atomic E-state index is 3.65. The van der Waals surface area contributed by atoms with Gasteiger partial charge in [-0.1, -0.05) is 24.3 Å². The topological polar surface area (TPSA) is 12.0 Å². The first-order valence-electron chi connectivity index (χ1n) is 5.78. The monoisotopic (exact) mass is 229 g/mol. The van der Waals surface area contributed by atoms with Crippen LogP contribution >= 0.6 is 11.3 Å². The highest BCUT2D eigenvalue weighted by Gasteiger charge is 2.32. The minimum atomic E-state index is 0.516. The lowest BCUT2D eigenvalue weighted by Gasteiger charge is -2.18. The fourth-order valence-electron chi connectivity index (χ4n) is 2.03. The van der Waals surface area contributed by atoms with Crippen molar-refractivity contribution in [3.05, 3.63) is 52.7 Å². The van der Waals surface area contributed by atoms with Gasteiger partial charge in [-0.25, -0.2) is 0 Å². The van der Waals surface area contributed by atoms with Gasteiger partial charge in [-0.05, 0) is 42.3 Å². The molecule has 82 valence electrons. The van der Waals surface area contributed by atoms with Crippen molar-refractivity contribution in [2.24, 2.45) is 5.92 Å². The van der Waals surface area contributed by atoms with E-state index in [2.05, 4.69) is 53.2 Å². The molecule has 1 aromatic heterocycles. The third-order valence-corrected chi connectivity index (χ3v) is 3.99. The summed E-state index contributed by atoms with van der Waals surface area (Å²) >= 11 is 1.86. The fraction of sp³-hybridized carbons (Fsp3) is 0.286. The first-order chi connectivity index (χ1) is 7.93. The number of rotatable bonds is 4. The van der Waals surface area contributed by atoms with Crippen LogP contribution in [0.2, 0.25) is 0 Å². The molecule has 0 saturated heterocycles. The maximum Gasteiger partial charge on any atom is 0.0634 e. The van der Waals surface area contributed by atoms with E-state index in [0.29, 0.717) is 6.04 Å². The van der Waals surface area contributed by atoms with Crippen LogP contribution in [0.25, 0.3) is 0 Å². The van der Waals surface area contributed by atoms with Crippen LogP contribution in [0.5, 0.6) is 0 Å². The molecule has 1 aromatic carbocycles. The second-order valence-corrected chi connectivity index (χ2v) is 5.32. The Labute approximate surface area is 100 Å². The molecule has 0 amide bonds. The van der Waals surface area contributed by atoms with Crippen molar-refractivity contribution in [1.29, 1.82) is 0 Å². The van der Waals surface area contributed by atoms with E-state index < -0.39 is 0 Å². The zero-order valence-electron chi connectivity index (χ0n) is 9.10. The summed E-state index contributed by atoms with van der Waals surface area (Å²) in [5, 5.41) is 5.82. The Morgan fingerprint density at radius 1 is 1.06 bits per heavy atom. The van der Waals surface area contributed by atoms with E-state index in [1.807, 2.05) is 11.3 Å². The summed E-state index contributed by atoms with van der Waals surface area (Å²) in [5.41, 5.74) is 1.23. The highest BCUT2D eigenvalue weighted by Crippen LogP contribution is 2.44. The van der Waals surface area contributed by atoms with E-state index in [1.54, 1.807) is 0 Å². The summed E-state index contributed by atoms with van der Waals surface area (Å²) in [6.07, 6.45) is 2.73. The Morgan fingerprint density at radius 2 is 1.88 bits per heavy atom. The molecule has 0 bridgehead atoms. The van der Waals surface area contributed by atoms with Crippen molar-refractivity contribution in [3.63, 3.8) is 0 Å². The van der Waals surface area contributed by atoms with Crippen molar-refractivity contribution < 1.29 is 0 Å². The number of nitrogens with one attached hydrogen (secondary N) is 1. The van der Waals surface area contributed by atoms with Gasteiger partial charge in [-0.15, -0.1) is 11.3 Å². The highest BCUT2D eigenvalue weighted by molar-refractivity contribution is 7.10. The number of para-hydroxylation sites is 1. The molecule has 1 unspecified atom stereocenters. The predicted molar refractivity (Wildman–Crippen MR) is 69.8 cm³/mol. The Balaban J connectivity index is 1.80. The Morgan fingerprint density at radius 3 is 2.50 bits per heavy atom. The molecule has 1 aliphatic rings. The van der Waals surface area contributed by atoms with E-state index >= 15 is 0 Å². The van der Waals surface area contributed by atoms with Gasteiger partial charge in [-0.2, -0.15) is 0 Å². The molecule has 2 aromatic rings. The van der Waals surface area contributed by atoms with Gasteiger partial charge < -0.3 is 5.32 Å². The SMILES string of the molecule is c1ccc(NC(c2cccs2)C2CC2)cc1. The fourth-order valence-corrected chi connectivity index (χ4v) is 2.90. The van der Waals surface area contributed by atoms with E-state index in [-0.39, 0.29) is 0 Å². The normalized spacial score (nSPS) is 17.0. The van der Waals surface area contributed by atoms with Crippen LogP contribution in [0.3, 0.4) is 0 Å². The predicted octanol–water partition coefficient (Wildman–Crippen LogP) is 4.31. The van der Waals surface area contributed by atoms with Crippen molar-refractivity contribution in [3.8, 4) is 0 Å². The summed E-state index contributed by atoms with van der Waals surface area (Å²) < 4.78 is 0. The minimum Gasteiger partial charge on any atom is -0.377 e. The summed E-state index contributed by atoms with van der Waals surface area (Å²) in [7, 11) is 0. The standard InChI is InChI=1S/C14H15NS/c1-2-5-12(6-3-1)15-14(11-8-9-11)13-7-4-10-16-13/h1-7,10-11,14-15H,8-9H2. The number of hydrogen-bond acceptors (Lipinski definition) is 2. The lowest BCUT2D eigenvalue weighted by Crippen LogP contribution is -2.11. The van der Waals surface area contributed by atoms with Crippen molar-refractivity contribution in [2.75, 3.05) is 5.32 Å². The Kier molecular flexibility index (Phi) is 2.66. The maximum absolute atomic E-state index is 3.65. The summed E-state index contributed by atoms with van der Waals surface area (Å²) in [6.45, 7) is 0. The average Bonchev–Trinajstić information content (AvgIpc) is 3.02. The van der Waals surface area contributed by atoms with Crippen LogP contribution in [0.4, 0.5) is 5.69 Å². The molecular formula is C14H15NS. The zero-order chi connectivity index (χ0) is 10.8. The number of benzene rings is 1. The second-order valence-electron chi connectivity index (χ2n) is 4.34. The van der Waals surface area contributed by atoms with Crippen LogP contribution in [-0.2, 0) is 0 Å². The quantitative estimate of drug-likeness (QED) is 0.823. The van der Waals surface area contributed by atoms with Crippen LogP contribution in [0, 0.1) is 5.92 Å². The molecule has 2 heteroatoms. The first-order valence-corrected chi connectivity index (χ1v) is 6.66. The van der Waals surface area contributed by atoms with Crippen molar-refractivity contribution in [2.45, 2.75) is 18.9 Å². The zero-order valence-corrected chi connectivity index (χ0v) is 9.91. The molecule has 1 nitrogen and oxygen atoms in total. The largest absolute Gasteiger partial charge is 0.377 e. The molecule has 1 fully saturated rings. The van der Waals surface area contributed by atoms with Gasteiger partial charge in [0.2, 0.25) is 0 Å². The van der Waals surface area contributed by atoms with Gasteiger partial charge >= 0.3 is 0 Å². The van der Waals surface area contributed by atoms with Gasteiger partial charge in [0, 0.05) is 10.6 Å². The van der Waals surface area contributed by atoms with E-state index in [0.717, 1.165) is 5.92 Å². The lowest BCUT2D eigenvalue weighted by molar-refractivity contribution is 0.691. The van der Waals surface area contributed by atoms with Crippen LogP contribution < -0.4 is 5.32 Å². The third kappa shape index (κ3) is 2.12. The molecule has 1 saturated carbocycles. The average molecular weight is 229 g/mol. The molecule has 0 aliphatic heterocycles. The molecule has 0 spiro atoms. The molecule has 16 heavy (non-hydrogen) atoms. The first kappa shape index (κ1) is 9.91. The molecule has 1 aliphatic carbocycles. The summed E-state index contributed by atoms with van der Waals surface area (Å²) in [6, 6.07) is 15.4. The highest BCUT2D eigenvalue weighted by atomic mass is 32.1. The lowest BCUT2D eigenvalue weighted by atomic mass is 10.1. The number of thiophene rings is 1. The molecular weight excluding hydrogens is 214 g/mol. The minimum absolute atomic E-state index is 0.516. The van der Waals surface area contributed by atoms with Crippen LogP contribution in [0.15, 0.2) is 47.8 Å². The summed E-state index contributed by atoms with van der Waals surface area (Å²) in [5.74, 6) is 0.832. The van der Waals surface area contributed by atoms with Crippen LogP contribution in [0.1, 0.15) is 23.8 Å². The third-order valence-electron chi connectivity index (χ3n) is 3.04. The van der Waals surface area contributed by atoms with Gasteiger partial charge in [-0.3, -0.25) is 0 Å². The van der Waals surface area contributed by atoms with Crippen molar-refractivity contribution >= 4 is 17.0 Å². The second kappa shape index (κ2) is 4.30.